The second-order valence-electron chi connectivity index (χ2n) is 2.30. The Morgan fingerprint density at radius 1 is 1.82 bits per heavy atom. The summed E-state index contributed by atoms with van der Waals surface area (Å²) in [5.41, 5.74) is 0.424. The number of carbonyl (C=O) groups excluding carboxylic acids is 1. The van der Waals surface area contributed by atoms with Gasteiger partial charge in [-0.25, -0.2) is 4.79 Å². The van der Waals surface area contributed by atoms with E-state index in [9.17, 15) is 4.79 Å². The first-order chi connectivity index (χ1) is 5.24. The van der Waals surface area contributed by atoms with Crippen molar-refractivity contribution in [1.29, 1.82) is 0 Å². The molecule has 0 radical (unpaired) electrons. The second kappa shape index (κ2) is 3.74. The lowest BCUT2D eigenvalue weighted by Crippen LogP contribution is -2.07. The molecule has 1 aliphatic heterocycles. The van der Waals surface area contributed by atoms with Crippen LogP contribution in [0.1, 0.15) is 6.42 Å². The summed E-state index contributed by atoms with van der Waals surface area (Å²) < 4.78 is 9.41. The average molecular weight is 177 g/mol. The maximum absolute atomic E-state index is 10.8. The molecule has 0 aromatic carbocycles. The SMILES string of the molecule is C=C(CC1CO1)C(=O)OCCl. The van der Waals surface area contributed by atoms with E-state index in [0.29, 0.717) is 18.6 Å². The normalized spacial score (nSPS) is 21.0. The molecule has 0 aliphatic carbocycles. The van der Waals surface area contributed by atoms with Gasteiger partial charge in [-0.15, -0.1) is 0 Å². The van der Waals surface area contributed by atoms with Crippen LogP contribution in [0.5, 0.6) is 0 Å². The van der Waals surface area contributed by atoms with Crippen LogP contribution < -0.4 is 0 Å². The molecule has 0 amide bonds. The van der Waals surface area contributed by atoms with E-state index in [0.717, 1.165) is 0 Å². The number of esters is 1. The molecule has 62 valence electrons. The van der Waals surface area contributed by atoms with Crippen LogP contribution in [0, 0.1) is 0 Å². The van der Waals surface area contributed by atoms with Crippen LogP contribution in [0.3, 0.4) is 0 Å². The summed E-state index contributed by atoms with van der Waals surface area (Å²) in [6.45, 7) is 4.26. The molecule has 1 unspecified atom stereocenters. The van der Waals surface area contributed by atoms with Crippen molar-refractivity contribution in [2.45, 2.75) is 12.5 Å². The summed E-state index contributed by atoms with van der Waals surface area (Å²) in [6.07, 6.45) is 0.723. The minimum atomic E-state index is -0.435. The molecule has 0 saturated carbocycles. The van der Waals surface area contributed by atoms with Crippen molar-refractivity contribution in [3.63, 3.8) is 0 Å². The first-order valence-electron chi connectivity index (χ1n) is 3.26. The van der Waals surface area contributed by atoms with Gasteiger partial charge in [-0.2, -0.15) is 0 Å². The third-order valence-corrected chi connectivity index (χ3v) is 1.46. The largest absolute Gasteiger partial charge is 0.446 e. The van der Waals surface area contributed by atoms with Crippen molar-refractivity contribution >= 4 is 17.6 Å². The van der Waals surface area contributed by atoms with Crippen molar-refractivity contribution in [3.8, 4) is 0 Å². The quantitative estimate of drug-likeness (QED) is 0.278. The van der Waals surface area contributed by atoms with Gasteiger partial charge in [-0.3, -0.25) is 0 Å². The number of hydrogen-bond donors (Lipinski definition) is 0. The lowest BCUT2D eigenvalue weighted by Gasteiger charge is -2.00. The minimum Gasteiger partial charge on any atom is -0.446 e. The number of alkyl halides is 1. The molecule has 3 nitrogen and oxygen atoms in total. The summed E-state index contributed by atoms with van der Waals surface area (Å²) in [4.78, 5) is 10.8. The highest BCUT2D eigenvalue weighted by atomic mass is 35.5. The topological polar surface area (TPSA) is 38.8 Å². The van der Waals surface area contributed by atoms with Gasteiger partial charge < -0.3 is 9.47 Å². The Balaban J connectivity index is 2.21. The van der Waals surface area contributed by atoms with E-state index in [4.69, 9.17) is 16.3 Å². The number of hydrogen-bond acceptors (Lipinski definition) is 3. The molecular weight excluding hydrogens is 168 g/mol. The van der Waals surface area contributed by atoms with E-state index in [1.165, 1.54) is 0 Å². The fraction of sp³-hybridized carbons (Fsp3) is 0.571. The highest BCUT2D eigenvalue weighted by Gasteiger charge is 2.25. The van der Waals surface area contributed by atoms with Crippen LogP contribution in [-0.2, 0) is 14.3 Å². The van der Waals surface area contributed by atoms with Gasteiger partial charge in [0.1, 0.15) is 0 Å². The Morgan fingerprint density at radius 3 is 2.91 bits per heavy atom. The van der Waals surface area contributed by atoms with Crippen molar-refractivity contribution in [1.82, 2.24) is 0 Å². The van der Waals surface area contributed by atoms with Crippen LogP contribution in [0.25, 0.3) is 0 Å². The van der Waals surface area contributed by atoms with E-state index in [-0.39, 0.29) is 12.2 Å². The van der Waals surface area contributed by atoms with Crippen molar-refractivity contribution in [2.24, 2.45) is 0 Å². The van der Waals surface area contributed by atoms with Gasteiger partial charge in [0.25, 0.3) is 0 Å². The molecule has 1 rings (SSSR count). The highest BCUT2D eigenvalue weighted by Crippen LogP contribution is 2.18. The van der Waals surface area contributed by atoms with Gasteiger partial charge in [0.05, 0.1) is 12.7 Å². The van der Waals surface area contributed by atoms with E-state index in [1.807, 2.05) is 0 Å². The molecule has 1 heterocycles. The number of carbonyl (C=O) groups is 1. The minimum absolute atomic E-state index is 0.122. The number of rotatable bonds is 4. The number of halogens is 1. The van der Waals surface area contributed by atoms with Gasteiger partial charge in [0.2, 0.25) is 0 Å². The monoisotopic (exact) mass is 176 g/mol. The Kier molecular flexibility index (Phi) is 2.91. The summed E-state index contributed by atoms with van der Waals surface area (Å²) in [5, 5.41) is 0. The Hall–Kier alpha value is -0.540. The molecular formula is C7H9ClO3. The summed E-state index contributed by atoms with van der Waals surface area (Å²) in [5.74, 6) is -0.435. The standard InChI is InChI=1S/C7H9ClO3/c1-5(2-6-3-10-6)7(9)11-4-8/h6H,1-4H2. The predicted octanol–water partition coefficient (Wildman–Crippen LogP) is 1.07. The van der Waals surface area contributed by atoms with Crippen LogP contribution in [-0.4, -0.2) is 24.7 Å². The third kappa shape index (κ3) is 2.91. The molecule has 4 heteroatoms. The predicted molar refractivity (Wildman–Crippen MR) is 40.3 cm³/mol. The maximum Gasteiger partial charge on any atom is 0.334 e. The lowest BCUT2D eigenvalue weighted by atomic mass is 10.2. The lowest BCUT2D eigenvalue weighted by molar-refractivity contribution is -0.137. The zero-order valence-electron chi connectivity index (χ0n) is 6.01. The maximum atomic E-state index is 10.8. The van der Waals surface area contributed by atoms with Crippen molar-refractivity contribution < 1.29 is 14.3 Å². The molecule has 0 N–H and O–H groups in total. The smallest absolute Gasteiger partial charge is 0.334 e. The van der Waals surface area contributed by atoms with Crippen LogP contribution in [0.4, 0.5) is 0 Å². The zero-order valence-corrected chi connectivity index (χ0v) is 6.76. The fourth-order valence-electron chi connectivity index (χ4n) is 0.696. The molecule has 1 aliphatic rings. The third-order valence-electron chi connectivity index (χ3n) is 1.35. The molecule has 11 heavy (non-hydrogen) atoms. The number of ether oxygens (including phenoxy) is 2. The fourth-order valence-corrected chi connectivity index (χ4v) is 0.795. The Morgan fingerprint density at radius 2 is 2.45 bits per heavy atom. The molecule has 1 atom stereocenters. The second-order valence-corrected chi connectivity index (χ2v) is 2.52. The van der Waals surface area contributed by atoms with E-state index >= 15 is 0 Å². The van der Waals surface area contributed by atoms with E-state index in [1.54, 1.807) is 0 Å². The summed E-state index contributed by atoms with van der Waals surface area (Å²) >= 11 is 5.18. The molecule has 1 fully saturated rings. The van der Waals surface area contributed by atoms with Crippen molar-refractivity contribution in [2.75, 3.05) is 12.7 Å². The summed E-state index contributed by atoms with van der Waals surface area (Å²) in [6, 6.07) is -0.122. The summed E-state index contributed by atoms with van der Waals surface area (Å²) in [7, 11) is 0. The van der Waals surface area contributed by atoms with Gasteiger partial charge in [0.15, 0.2) is 6.07 Å². The Bertz CT molecular complexity index is 175. The Labute approximate surface area is 69.9 Å². The molecule has 0 bridgehead atoms. The number of epoxide rings is 1. The average Bonchev–Trinajstić information content (AvgIpc) is 2.72. The molecule has 0 aromatic rings. The van der Waals surface area contributed by atoms with Gasteiger partial charge in [-0.05, 0) is 0 Å². The highest BCUT2D eigenvalue weighted by molar-refractivity contribution is 6.17. The molecule has 0 aromatic heterocycles. The molecule has 1 saturated heterocycles. The molecule has 0 spiro atoms. The van der Waals surface area contributed by atoms with Crippen molar-refractivity contribution in [3.05, 3.63) is 12.2 Å². The van der Waals surface area contributed by atoms with Gasteiger partial charge in [-0.1, -0.05) is 18.2 Å². The first-order valence-corrected chi connectivity index (χ1v) is 3.80. The van der Waals surface area contributed by atoms with Crippen LogP contribution in [0.2, 0.25) is 0 Å². The first kappa shape index (κ1) is 8.56. The van der Waals surface area contributed by atoms with Gasteiger partial charge in [0, 0.05) is 12.0 Å². The van der Waals surface area contributed by atoms with Crippen LogP contribution in [0.15, 0.2) is 12.2 Å². The van der Waals surface area contributed by atoms with Crippen LogP contribution >= 0.6 is 11.6 Å². The van der Waals surface area contributed by atoms with E-state index < -0.39 is 5.97 Å². The zero-order chi connectivity index (χ0) is 8.27. The van der Waals surface area contributed by atoms with E-state index in [2.05, 4.69) is 11.3 Å². The van der Waals surface area contributed by atoms with Gasteiger partial charge >= 0.3 is 5.97 Å².